The highest BCUT2D eigenvalue weighted by Gasteiger charge is 2.38. The second-order valence-corrected chi connectivity index (χ2v) is 11.0. The molecule has 150 valence electrons. The van der Waals surface area contributed by atoms with Crippen LogP contribution in [0.5, 0.6) is 0 Å². The van der Waals surface area contributed by atoms with Crippen LogP contribution in [0.25, 0.3) is 0 Å². The third-order valence-corrected chi connectivity index (χ3v) is 7.21. The maximum absolute atomic E-state index is 13.1. The average Bonchev–Trinajstić information content (AvgIpc) is 2.93. The summed E-state index contributed by atoms with van der Waals surface area (Å²) in [6.07, 6.45) is 3.76. The fraction of sp³-hybridized carbons (Fsp3) is 0.895. The zero-order valence-electron chi connectivity index (χ0n) is 16.7. The van der Waals surface area contributed by atoms with E-state index in [0.717, 1.165) is 12.8 Å². The molecular weight excluding hydrogens is 352 g/mol. The van der Waals surface area contributed by atoms with Gasteiger partial charge < -0.3 is 9.80 Å². The second-order valence-electron chi connectivity index (χ2n) is 8.76. The molecule has 0 N–H and O–H groups in total. The maximum atomic E-state index is 13.1. The van der Waals surface area contributed by atoms with Gasteiger partial charge >= 0.3 is 0 Å². The van der Waals surface area contributed by atoms with Crippen molar-refractivity contribution >= 4 is 21.7 Å². The number of hydrogen-bond acceptors (Lipinski definition) is 4. The molecule has 0 aromatic carbocycles. The van der Waals surface area contributed by atoms with Crippen molar-refractivity contribution in [3.8, 4) is 0 Å². The molecule has 0 aliphatic carbocycles. The molecule has 1 unspecified atom stereocenters. The van der Waals surface area contributed by atoms with Gasteiger partial charge in [0.05, 0.1) is 11.5 Å². The lowest BCUT2D eigenvalue weighted by Crippen LogP contribution is -2.49. The van der Waals surface area contributed by atoms with E-state index in [1.165, 1.54) is 0 Å². The van der Waals surface area contributed by atoms with Crippen LogP contribution < -0.4 is 0 Å². The molecule has 26 heavy (non-hydrogen) atoms. The molecule has 2 rings (SSSR count). The lowest BCUT2D eigenvalue weighted by molar-refractivity contribution is -0.145. The van der Waals surface area contributed by atoms with E-state index in [1.54, 1.807) is 0 Å². The Hall–Kier alpha value is -1.11. The Kier molecular flexibility index (Phi) is 6.75. The quantitative estimate of drug-likeness (QED) is 0.725. The van der Waals surface area contributed by atoms with E-state index in [1.807, 2.05) is 30.6 Å². The molecular formula is C19H34N2O4S. The van der Waals surface area contributed by atoms with Crippen LogP contribution in [0.15, 0.2) is 0 Å². The SMILES string of the molecule is CCCCN(C(=O)C1CCN(C(=O)C(C)(C)C)CC1)C1CCS(=O)(=O)C1. The Labute approximate surface area is 158 Å². The predicted molar refractivity (Wildman–Crippen MR) is 102 cm³/mol. The minimum Gasteiger partial charge on any atom is -0.342 e. The zero-order valence-corrected chi connectivity index (χ0v) is 17.5. The minimum atomic E-state index is -3.01. The van der Waals surface area contributed by atoms with Gasteiger partial charge in [0.2, 0.25) is 11.8 Å². The van der Waals surface area contributed by atoms with Crippen LogP contribution in [-0.4, -0.2) is 67.2 Å². The maximum Gasteiger partial charge on any atom is 0.227 e. The highest BCUT2D eigenvalue weighted by Crippen LogP contribution is 2.27. The fourth-order valence-corrected chi connectivity index (χ4v) is 5.59. The molecule has 0 spiro atoms. The van der Waals surface area contributed by atoms with E-state index >= 15 is 0 Å². The summed E-state index contributed by atoms with van der Waals surface area (Å²) >= 11 is 0. The Morgan fingerprint density at radius 2 is 1.73 bits per heavy atom. The van der Waals surface area contributed by atoms with Crippen LogP contribution in [0, 0.1) is 11.3 Å². The molecule has 2 fully saturated rings. The largest absolute Gasteiger partial charge is 0.342 e. The number of rotatable bonds is 5. The molecule has 0 saturated carbocycles. The first kappa shape index (κ1) is 21.2. The number of carbonyl (C=O) groups is 2. The van der Waals surface area contributed by atoms with Crippen molar-refractivity contribution in [3.63, 3.8) is 0 Å². The van der Waals surface area contributed by atoms with Gasteiger partial charge in [-0.2, -0.15) is 0 Å². The van der Waals surface area contributed by atoms with Gasteiger partial charge in [0.25, 0.3) is 0 Å². The van der Waals surface area contributed by atoms with Crippen molar-refractivity contribution in [2.45, 2.75) is 65.8 Å². The molecule has 7 heteroatoms. The first-order valence-corrected chi connectivity index (χ1v) is 11.7. The molecule has 0 aromatic heterocycles. The summed E-state index contributed by atoms with van der Waals surface area (Å²) in [4.78, 5) is 29.2. The Balaban J connectivity index is 2.00. The number of hydrogen-bond donors (Lipinski definition) is 0. The Morgan fingerprint density at radius 3 is 2.19 bits per heavy atom. The third kappa shape index (κ3) is 5.21. The second kappa shape index (κ2) is 8.28. The average molecular weight is 387 g/mol. The van der Waals surface area contributed by atoms with Crippen LogP contribution in [0.2, 0.25) is 0 Å². The summed E-state index contributed by atoms with van der Waals surface area (Å²) in [6.45, 7) is 9.67. The van der Waals surface area contributed by atoms with Crippen LogP contribution >= 0.6 is 0 Å². The highest BCUT2D eigenvalue weighted by molar-refractivity contribution is 7.91. The molecule has 0 radical (unpaired) electrons. The van der Waals surface area contributed by atoms with Crippen molar-refractivity contribution < 1.29 is 18.0 Å². The lowest BCUT2D eigenvalue weighted by Gasteiger charge is -2.38. The van der Waals surface area contributed by atoms with Crippen molar-refractivity contribution in [2.75, 3.05) is 31.1 Å². The molecule has 2 saturated heterocycles. The number of unbranched alkanes of at least 4 members (excludes halogenated alkanes) is 1. The van der Waals surface area contributed by atoms with E-state index in [2.05, 4.69) is 6.92 Å². The van der Waals surface area contributed by atoms with Gasteiger partial charge in [0, 0.05) is 37.0 Å². The number of sulfone groups is 1. The first-order chi connectivity index (χ1) is 12.0. The van der Waals surface area contributed by atoms with Crippen molar-refractivity contribution in [2.24, 2.45) is 11.3 Å². The minimum absolute atomic E-state index is 0.0865. The first-order valence-electron chi connectivity index (χ1n) is 9.85. The lowest BCUT2D eigenvalue weighted by atomic mass is 9.90. The summed E-state index contributed by atoms with van der Waals surface area (Å²) in [6, 6.07) is -0.173. The number of carbonyl (C=O) groups excluding carboxylic acids is 2. The third-order valence-electron chi connectivity index (χ3n) is 5.46. The summed E-state index contributed by atoms with van der Waals surface area (Å²) in [7, 11) is -3.01. The zero-order chi connectivity index (χ0) is 19.5. The van der Waals surface area contributed by atoms with Crippen LogP contribution in [0.1, 0.15) is 59.8 Å². The Bertz CT molecular complexity index is 616. The molecule has 2 aliphatic rings. The number of nitrogens with zero attached hydrogens (tertiary/aromatic N) is 2. The smallest absolute Gasteiger partial charge is 0.227 e. The molecule has 0 aromatic rings. The molecule has 1 atom stereocenters. The van der Waals surface area contributed by atoms with Gasteiger partial charge in [-0.3, -0.25) is 9.59 Å². The standard InChI is InChI=1S/C19H34N2O4S/c1-5-6-10-21(16-9-13-26(24,25)14-16)17(22)15-7-11-20(12-8-15)18(23)19(2,3)4/h15-16H,5-14H2,1-4H3. The fourth-order valence-electron chi connectivity index (χ4n) is 3.86. The summed E-state index contributed by atoms with van der Waals surface area (Å²) in [5.74, 6) is 0.409. The molecule has 0 bridgehead atoms. The molecule has 2 heterocycles. The van der Waals surface area contributed by atoms with Crippen LogP contribution in [0.3, 0.4) is 0 Å². The van der Waals surface area contributed by atoms with Gasteiger partial charge in [0.1, 0.15) is 0 Å². The number of likely N-dealkylation sites (tertiary alicyclic amines) is 1. The predicted octanol–water partition coefficient (Wildman–Crippen LogP) is 2.09. The van der Waals surface area contributed by atoms with E-state index in [-0.39, 0.29) is 35.3 Å². The summed E-state index contributed by atoms with van der Waals surface area (Å²) in [5, 5.41) is 0. The number of piperidine rings is 1. The van der Waals surface area contributed by atoms with E-state index in [4.69, 9.17) is 0 Å². The van der Waals surface area contributed by atoms with Gasteiger partial charge in [-0.25, -0.2) is 8.42 Å². The normalized spacial score (nSPS) is 23.8. The van der Waals surface area contributed by atoms with E-state index in [9.17, 15) is 18.0 Å². The van der Waals surface area contributed by atoms with Crippen molar-refractivity contribution in [1.29, 1.82) is 0 Å². The summed E-state index contributed by atoms with van der Waals surface area (Å²) < 4.78 is 23.7. The topological polar surface area (TPSA) is 74.8 Å². The molecule has 2 aliphatic heterocycles. The monoisotopic (exact) mass is 386 g/mol. The van der Waals surface area contributed by atoms with Crippen LogP contribution in [0.4, 0.5) is 0 Å². The molecule has 6 nitrogen and oxygen atoms in total. The van der Waals surface area contributed by atoms with Gasteiger partial charge in [0.15, 0.2) is 9.84 Å². The van der Waals surface area contributed by atoms with Crippen molar-refractivity contribution in [3.05, 3.63) is 0 Å². The summed E-state index contributed by atoms with van der Waals surface area (Å²) in [5.41, 5.74) is -0.401. The molecule has 2 amide bonds. The van der Waals surface area contributed by atoms with Gasteiger partial charge in [-0.15, -0.1) is 0 Å². The van der Waals surface area contributed by atoms with Crippen molar-refractivity contribution in [1.82, 2.24) is 9.80 Å². The highest BCUT2D eigenvalue weighted by atomic mass is 32.2. The Morgan fingerprint density at radius 1 is 1.12 bits per heavy atom. The van der Waals surface area contributed by atoms with Gasteiger partial charge in [-0.1, -0.05) is 34.1 Å². The van der Waals surface area contributed by atoms with E-state index < -0.39 is 15.3 Å². The van der Waals surface area contributed by atoms with Gasteiger partial charge in [-0.05, 0) is 25.7 Å². The van der Waals surface area contributed by atoms with E-state index in [0.29, 0.717) is 38.9 Å². The van der Waals surface area contributed by atoms with Crippen LogP contribution in [-0.2, 0) is 19.4 Å². The number of amides is 2.